The van der Waals surface area contributed by atoms with E-state index in [0.717, 1.165) is 0 Å². The van der Waals surface area contributed by atoms with Crippen molar-refractivity contribution in [1.29, 1.82) is 0 Å². The average Bonchev–Trinajstić information content (AvgIpc) is 2.58. The van der Waals surface area contributed by atoms with E-state index in [-0.39, 0.29) is 20.8 Å². The Labute approximate surface area is 179 Å². The van der Waals surface area contributed by atoms with Crippen LogP contribution in [0.2, 0.25) is 0 Å². The average molecular weight is 576 g/mol. The Kier molecular flexibility index (Phi) is 7.44. The molecule has 0 unspecified atom stereocenters. The van der Waals surface area contributed by atoms with Gasteiger partial charge in [-0.3, -0.25) is 0 Å². The van der Waals surface area contributed by atoms with E-state index < -0.39 is 64.9 Å². The molecule has 35 heavy (non-hydrogen) atoms. The first-order chi connectivity index (χ1) is 14.5. The Morgan fingerprint density at radius 1 is 0.229 bits per heavy atom. The second-order valence-electron chi connectivity index (χ2n) is 7.92. The second-order valence-corrected chi connectivity index (χ2v) is 7.92. The molecule has 0 amide bonds. The van der Waals surface area contributed by atoms with Gasteiger partial charge in [-0.25, -0.2) is 0 Å². The van der Waals surface area contributed by atoms with Crippen molar-refractivity contribution in [2.24, 2.45) is 5.41 Å². The molecule has 0 heterocycles. The van der Waals surface area contributed by atoms with Gasteiger partial charge >= 0.3 is 59.5 Å². The molecule has 0 radical (unpaired) electrons. The number of hydrogen-bond acceptors (Lipinski definition) is 0. The molecule has 0 saturated heterocycles. The molecular formula is C14H9F21. The van der Waals surface area contributed by atoms with Crippen molar-refractivity contribution in [1.82, 2.24) is 0 Å². The summed E-state index contributed by atoms with van der Waals surface area (Å²) in [5.74, 6) is -76.5. The fraction of sp³-hybridized carbons (Fsp3) is 1.00. The van der Waals surface area contributed by atoms with Crippen molar-refractivity contribution in [3.05, 3.63) is 0 Å². The topological polar surface area (TPSA) is 0 Å². The van der Waals surface area contributed by atoms with Gasteiger partial charge in [0.15, 0.2) is 0 Å². The lowest BCUT2D eigenvalue weighted by molar-refractivity contribution is -0.476. The molecule has 0 nitrogen and oxygen atoms in total. The molecule has 212 valence electrons. The van der Waals surface area contributed by atoms with Crippen LogP contribution in [0.4, 0.5) is 92.2 Å². The summed E-state index contributed by atoms with van der Waals surface area (Å²) in [6.07, 6.45) is -7.99. The molecule has 0 fully saturated rings. The lowest BCUT2D eigenvalue weighted by Gasteiger charge is -2.46. The highest BCUT2D eigenvalue weighted by molar-refractivity contribution is 5.18. The van der Waals surface area contributed by atoms with E-state index in [9.17, 15) is 92.2 Å². The van der Waals surface area contributed by atoms with Crippen LogP contribution in [-0.4, -0.2) is 59.5 Å². The predicted molar refractivity (Wildman–Crippen MR) is 70.0 cm³/mol. The molecule has 0 bridgehead atoms. The van der Waals surface area contributed by atoms with Gasteiger partial charge < -0.3 is 0 Å². The van der Waals surface area contributed by atoms with Crippen molar-refractivity contribution >= 4 is 0 Å². The highest BCUT2D eigenvalue weighted by atomic mass is 19.4. The van der Waals surface area contributed by atoms with Gasteiger partial charge in [-0.05, 0) is 0 Å². The van der Waals surface area contributed by atoms with E-state index in [4.69, 9.17) is 0 Å². The van der Waals surface area contributed by atoms with Crippen LogP contribution in [0, 0.1) is 5.41 Å². The van der Waals surface area contributed by atoms with Crippen LogP contribution >= 0.6 is 0 Å². The van der Waals surface area contributed by atoms with Gasteiger partial charge in [-0.15, -0.1) is 0 Å². The molecule has 0 atom stereocenters. The Morgan fingerprint density at radius 2 is 0.371 bits per heavy atom. The minimum Gasteiger partial charge on any atom is -0.199 e. The van der Waals surface area contributed by atoms with Crippen LogP contribution in [0.1, 0.15) is 20.8 Å². The predicted octanol–water partition coefficient (Wildman–Crippen LogP) is 8.31. The zero-order valence-corrected chi connectivity index (χ0v) is 16.4. The first-order valence-electron chi connectivity index (χ1n) is 7.97. The Morgan fingerprint density at radius 3 is 0.514 bits per heavy atom. The fourth-order valence-corrected chi connectivity index (χ4v) is 2.03. The fourth-order valence-electron chi connectivity index (χ4n) is 2.03. The molecule has 0 saturated carbocycles. The first kappa shape index (κ1) is 33.5. The van der Waals surface area contributed by atoms with Gasteiger partial charge in [-0.1, -0.05) is 20.8 Å². The Balaban J connectivity index is 7.15. The molecule has 0 aromatic rings. The van der Waals surface area contributed by atoms with Crippen molar-refractivity contribution in [3.63, 3.8) is 0 Å². The molecule has 0 spiro atoms. The number of alkyl halides is 21. The molecular weight excluding hydrogens is 567 g/mol. The molecule has 21 heteroatoms. The molecule has 0 aromatic heterocycles. The monoisotopic (exact) mass is 576 g/mol. The highest BCUT2D eigenvalue weighted by Gasteiger charge is 2.98. The third-order valence-corrected chi connectivity index (χ3v) is 4.45. The van der Waals surface area contributed by atoms with Gasteiger partial charge in [0.2, 0.25) is 0 Å². The van der Waals surface area contributed by atoms with Crippen LogP contribution in [0.3, 0.4) is 0 Å². The number of hydrogen-bond donors (Lipinski definition) is 0. The summed E-state index contributed by atoms with van der Waals surface area (Å²) in [6, 6.07) is 0. The first-order valence-corrected chi connectivity index (χ1v) is 7.97. The summed E-state index contributed by atoms with van der Waals surface area (Å²) in [6.45, 7) is -0.387. The molecule has 0 aromatic carbocycles. The third-order valence-electron chi connectivity index (χ3n) is 4.45. The van der Waals surface area contributed by atoms with Crippen LogP contribution < -0.4 is 0 Å². The van der Waals surface area contributed by atoms with Crippen LogP contribution in [-0.2, 0) is 0 Å². The third kappa shape index (κ3) is 3.87. The van der Waals surface area contributed by atoms with Crippen LogP contribution in [0.5, 0.6) is 0 Å². The van der Waals surface area contributed by atoms with E-state index in [0.29, 0.717) is 0 Å². The van der Waals surface area contributed by atoms with Gasteiger partial charge in [0.05, 0.1) is 0 Å². The minimum atomic E-state index is -9.14. The Hall–Kier alpha value is -1.47. The van der Waals surface area contributed by atoms with E-state index >= 15 is 0 Å². The maximum absolute atomic E-state index is 13.6. The normalized spacial score (nSPS) is 17.1. The van der Waals surface area contributed by atoms with Gasteiger partial charge in [0, 0.05) is 5.41 Å². The zero-order chi connectivity index (χ0) is 29.5. The van der Waals surface area contributed by atoms with Gasteiger partial charge in [0.1, 0.15) is 0 Å². The van der Waals surface area contributed by atoms with Gasteiger partial charge in [0.25, 0.3) is 0 Å². The quantitative estimate of drug-likeness (QED) is 0.255. The minimum absolute atomic E-state index is 0.129. The van der Waals surface area contributed by atoms with E-state index in [1.54, 1.807) is 0 Å². The smallest absolute Gasteiger partial charge is 0.199 e. The summed E-state index contributed by atoms with van der Waals surface area (Å²) in [7, 11) is 0. The summed E-state index contributed by atoms with van der Waals surface area (Å²) >= 11 is 0. The van der Waals surface area contributed by atoms with Crippen molar-refractivity contribution < 1.29 is 92.2 Å². The second kappa shape index (κ2) is 7.77. The van der Waals surface area contributed by atoms with E-state index in [1.807, 2.05) is 0 Å². The molecule has 0 aliphatic heterocycles. The lowest BCUT2D eigenvalue weighted by Crippen LogP contribution is -2.77. The lowest BCUT2D eigenvalue weighted by atomic mass is 9.79. The summed E-state index contributed by atoms with van der Waals surface area (Å²) in [4.78, 5) is 0. The number of rotatable bonds is 8. The summed E-state index contributed by atoms with van der Waals surface area (Å²) in [5.41, 5.74) is -3.61. The highest BCUT2D eigenvalue weighted by Crippen LogP contribution is 2.67. The maximum atomic E-state index is 13.6. The summed E-state index contributed by atoms with van der Waals surface area (Å²) < 4.78 is 276. The molecule has 0 rings (SSSR count). The largest absolute Gasteiger partial charge is 0.460 e. The number of halogens is 21. The van der Waals surface area contributed by atoms with Crippen molar-refractivity contribution in [2.75, 3.05) is 0 Å². The molecule has 0 aliphatic carbocycles. The SMILES string of the molecule is CC(C)(C)C(F)(F)C(F)(F)C(F)(F)C(F)(F)C(F)(F)C(F)(F)C(F)(F)C(F)(F)C(F)(F)C(F)(F)F. The van der Waals surface area contributed by atoms with Crippen molar-refractivity contribution in [2.45, 2.75) is 80.3 Å². The standard InChI is InChI=1S/C14H9F21/c1-4(2,3)5(15,16)6(17,18)7(19,20)8(21,22)9(23,24)10(25,26)11(27,28)12(29,30)13(31,32)14(33,34)35/h1-3H3. The van der Waals surface area contributed by atoms with Crippen LogP contribution in [0.15, 0.2) is 0 Å². The molecule has 0 N–H and O–H groups in total. The van der Waals surface area contributed by atoms with Crippen molar-refractivity contribution in [3.8, 4) is 0 Å². The zero-order valence-electron chi connectivity index (χ0n) is 16.4. The molecule has 0 aliphatic rings. The summed E-state index contributed by atoms with van der Waals surface area (Å²) in [5, 5.41) is 0. The van der Waals surface area contributed by atoms with Crippen LogP contribution in [0.25, 0.3) is 0 Å². The Bertz CT molecular complexity index is 713. The van der Waals surface area contributed by atoms with E-state index in [1.165, 1.54) is 0 Å². The maximum Gasteiger partial charge on any atom is 0.460 e. The van der Waals surface area contributed by atoms with E-state index in [2.05, 4.69) is 0 Å². The van der Waals surface area contributed by atoms with Gasteiger partial charge in [-0.2, -0.15) is 92.2 Å².